The smallest absolute Gasteiger partial charge is 0.181 e. The molecule has 0 fully saturated rings. The number of hydrogen-bond donors (Lipinski definition) is 1. The summed E-state index contributed by atoms with van der Waals surface area (Å²) in [6.45, 7) is -0.308. The van der Waals surface area contributed by atoms with Gasteiger partial charge in [0.2, 0.25) is 0 Å². The van der Waals surface area contributed by atoms with Crippen molar-refractivity contribution in [2.24, 2.45) is 0 Å². The predicted molar refractivity (Wildman–Crippen MR) is 52.8 cm³/mol. The Labute approximate surface area is 90.1 Å². The number of halogens is 2. The van der Waals surface area contributed by atoms with Crippen molar-refractivity contribution >= 4 is 11.6 Å². The first kappa shape index (κ1) is 10.1. The van der Waals surface area contributed by atoms with Crippen LogP contribution in [-0.2, 0) is 6.61 Å². The molecule has 1 N–H and O–H groups in total. The molecule has 0 atom stereocenters. The van der Waals surface area contributed by atoms with Crippen LogP contribution in [0.25, 0.3) is 11.3 Å². The summed E-state index contributed by atoms with van der Waals surface area (Å²) in [5, 5.41) is 9.35. The van der Waals surface area contributed by atoms with Gasteiger partial charge in [-0.2, -0.15) is 0 Å². The van der Waals surface area contributed by atoms with E-state index < -0.39 is 5.82 Å². The van der Waals surface area contributed by atoms with Gasteiger partial charge in [-0.25, -0.2) is 9.37 Å². The van der Waals surface area contributed by atoms with Crippen molar-refractivity contribution in [3.8, 4) is 11.3 Å². The zero-order valence-corrected chi connectivity index (χ0v) is 8.33. The van der Waals surface area contributed by atoms with E-state index in [9.17, 15) is 4.39 Å². The highest BCUT2D eigenvalue weighted by Crippen LogP contribution is 2.28. The van der Waals surface area contributed by atoms with Crippen LogP contribution in [-0.4, -0.2) is 10.1 Å². The maximum Gasteiger partial charge on any atom is 0.181 e. The lowest BCUT2D eigenvalue weighted by Gasteiger charge is -2.01. The van der Waals surface area contributed by atoms with Crippen molar-refractivity contribution in [2.75, 3.05) is 0 Å². The van der Waals surface area contributed by atoms with Crippen LogP contribution in [0.5, 0.6) is 0 Å². The average Bonchev–Trinajstić information content (AvgIpc) is 2.69. The molecule has 0 saturated heterocycles. The van der Waals surface area contributed by atoms with Gasteiger partial charge in [0, 0.05) is 5.02 Å². The van der Waals surface area contributed by atoms with E-state index in [2.05, 4.69) is 4.98 Å². The van der Waals surface area contributed by atoms with Gasteiger partial charge in [-0.1, -0.05) is 11.6 Å². The van der Waals surface area contributed by atoms with E-state index in [0.29, 0.717) is 5.02 Å². The minimum absolute atomic E-state index is 0.198. The Hall–Kier alpha value is -1.39. The average molecular weight is 228 g/mol. The molecule has 0 saturated carbocycles. The van der Waals surface area contributed by atoms with Crippen molar-refractivity contribution < 1.29 is 13.9 Å². The molecule has 2 rings (SSSR count). The molecule has 0 unspecified atom stereocenters. The van der Waals surface area contributed by atoms with Crippen LogP contribution in [0.15, 0.2) is 29.0 Å². The molecule has 2 aromatic rings. The van der Waals surface area contributed by atoms with Crippen LogP contribution < -0.4 is 0 Å². The van der Waals surface area contributed by atoms with E-state index in [4.69, 9.17) is 21.1 Å². The Morgan fingerprint density at radius 1 is 1.47 bits per heavy atom. The number of aliphatic hydroxyl groups is 1. The second-order valence-corrected chi connectivity index (χ2v) is 3.35. The van der Waals surface area contributed by atoms with E-state index in [0.717, 1.165) is 6.39 Å². The normalized spacial score (nSPS) is 10.6. The molecule has 0 amide bonds. The highest BCUT2D eigenvalue weighted by atomic mass is 35.5. The first-order valence-corrected chi connectivity index (χ1v) is 4.59. The lowest BCUT2D eigenvalue weighted by Crippen LogP contribution is -1.89. The van der Waals surface area contributed by atoms with Crippen LogP contribution in [0.2, 0.25) is 5.02 Å². The summed E-state index contributed by atoms with van der Waals surface area (Å²) in [5.41, 5.74) is 0.486. The highest BCUT2D eigenvalue weighted by Gasteiger charge is 2.14. The lowest BCUT2D eigenvalue weighted by molar-refractivity contribution is 0.277. The number of oxazole rings is 1. The molecule has 0 aliphatic rings. The molecule has 0 aliphatic heterocycles. The zero-order chi connectivity index (χ0) is 10.8. The van der Waals surface area contributed by atoms with Crippen LogP contribution in [0.1, 0.15) is 5.69 Å². The number of aromatic nitrogens is 1. The molecule has 15 heavy (non-hydrogen) atoms. The Morgan fingerprint density at radius 3 is 3.00 bits per heavy atom. The number of nitrogens with zero attached hydrogens (tertiary/aromatic N) is 1. The van der Waals surface area contributed by atoms with Gasteiger partial charge in [0.15, 0.2) is 12.2 Å². The molecule has 1 heterocycles. The monoisotopic (exact) mass is 227 g/mol. The quantitative estimate of drug-likeness (QED) is 0.858. The van der Waals surface area contributed by atoms with E-state index in [1.54, 1.807) is 0 Å². The summed E-state index contributed by atoms with van der Waals surface area (Å²) in [6, 6.07) is 4.10. The Balaban J connectivity index is 2.58. The summed E-state index contributed by atoms with van der Waals surface area (Å²) in [4.78, 5) is 3.76. The van der Waals surface area contributed by atoms with Gasteiger partial charge in [0.25, 0.3) is 0 Å². The summed E-state index contributed by atoms with van der Waals surface area (Å²) in [5.74, 6) is -0.261. The van der Waals surface area contributed by atoms with Gasteiger partial charge in [-0.3, -0.25) is 0 Å². The molecular formula is C10H7ClFNO2. The molecule has 0 spiro atoms. The number of aliphatic hydroxyl groups excluding tert-OH is 1. The second-order valence-electron chi connectivity index (χ2n) is 2.91. The Morgan fingerprint density at radius 2 is 2.27 bits per heavy atom. The van der Waals surface area contributed by atoms with Gasteiger partial charge in [-0.05, 0) is 18.2 Å². The third-order valence-corrected chi connectivity index (χ3v) is 2.20. The van der Waals surface area contributed by atoms with E-state index >= 15 is 0 Å². The molecule has 0 bridgehead atoms. The van der Waals surface area contributed by atoms with E-state index in [1.165, 1.54) is 18.2 Å². The van der Waals surface area contributed by atoms with Crippen molar-refractivity contribution in [2.45, 2.75) is 6.61 Å². The zero-order valence-electron chi connectivity index (χ0n) is 7.58. The maximum atomic E-state index is 13.4. The van der Waals surface area contributed by atoms with Crippen molar-refractivity contribution in [3.05, 3.63) is 41.1 Å². The highest BCUT2D eigenvalue weighted by molar-refractivity contribution is 6.30. The molecule has 78 valence electrons. The summed E-state index contributed by atoms with van der Waals surface area (Å²) < 4.78 is 18.4. The fraction of sp³-hybridized carbons (Fsp3) is 0.100. The van der Waals surface area contributed by atoms with Gasteiger partial charge in [-0.15, -0.1) is 0 Å². The van der Waals surface area contributed by atoms with Crippen LogP contribution in [0, 0.1) is 5.82 Å². The SMILES string of the molecule is OCc1ncoc1-c1cc(Cl)ccc1F. The molecule has 0 radical (unpaired) electrons. The first-order valence-electron chi connectivity index (χ1n) is 4.21. The van der Waals surface area contributed by atoms with E-state index in [1.807, 2.05) is 0 Å². The minimum Gasteiger partial charge on any atom is -0.443 e. The van der Waals surface area contributed by atoms with E-state index in [-0.39, 0.29) is 23.6 Å². The molecular weight excluding hydrogens is 221 g/mol. The van der Waals surface area contributed by atoms with Crippen molar-refractivity contribution in [1.29, 1.82) is 0 Å². The standard InChI is InChI=1S/C10H7ClFNO2/c11-6-1-2-8(12)7(3-6)10-9(4-14)13-5-15-10/h1-3,5,14H,4H2. The Kier molecular flexibility index (Phi) is 2.70. The van der Waals surface area contributed by atoms with Gasteiger partial charge >= 0.3 is 0 Å². The molecule has 1 aromatic heterocycles. The van der Waals surface area contributed by atoms with Crippen LogP contribution >= 0.6 is 11.6 Å². The fourth-order valence-corrected chi connectivity index (χ4v) is 1.44. The fourth-order valence-electron chi connectivity index (χ4n) is 1.27. The lowest BCUT2D eigenvalue weighted by atomic mass is 10.1. The van der Waals surface area contributed by atoms with Crippen LogP contribution in [0.3, 0.4) is 0 Å². The first-order chi connectivity index (χ1) is 7.22. The van der Waals surface area contributed by atoms with Crippen LogP contribution in [0.4, 0.5) is 4.39 Å². The summed E-state index contributed by atoms with van der Waals surface area (Å²) >= 11 is 5.74. The summed E-state index contributed by atoms with van der Waals surface area (Å²) in [6.07, 6.45) is 1.15. The van der Waals surface area contributed by atoms with Crippen molar-refractivity contribution in [3.63, 3.8) is 0 Å². The van der Waals surface area contributed by atoms with Gasteiger partial charge in [0.05, 0.1) is 12.2 Å². The largest absolute Gasteiger partial charge is 0.443 e. The van der Waals surface area contributed by atoms with Crippen molar-refractivity contribution in [1.82, 2.24) is 4.98 Å². The summed E-state index contributed by atoms with van der Waals surface area (Å²) in [7, 11) is 0. The number of benzene rings is 1. The Bertz CT molecular complexity index is 484. The topological polar surface area (TPSA) is 46.3 Å². The predicted octanol–water partition coefficient (Wildman–Crippen LogP) is 2.63. The minimum atomic E-state index is -0.467. The molecule has 5 heteroatoms. The third-order valence-electron chi connectivity index (χ3n) is 1.96. The number of hydrogen-bond acceptors (Lipinski definition) is 3. The maximum absolute atomic E-state index is 13.4. The molecule has 3 nitrogen and oxygen atoms in total. The molecule has 0 aliphatic carbocycles. The van der Waals surface area contributed by atoms with Gasteiger partial charge in [0.1, 0.15) is 11.5 Å². The number of rotatable bonds is 2. The second kappa shape index (κ2) is 4.00. The third kappa shape index (κ3) is 1.86. The molecule has 1 aromatic carbocycles. The van der Waals surface area contributed by atoms with Gasteiger partial charge < -0.3 is 9.52 Å².